The first-order valence-electron chi connectivity index (χ1n) is 7.03. The minimum atomic E-state index is -0.884. The van der Waals surface area contributed by atoms with Crippen molar-refractivity contribution >= 4 is 22.6 Å². The van der Waals surface area contributed by atoms with Crippen LogP contribution in [0.25, 0.3) is 0 Å². The fourth-order valence-electron chi connectivity index (χ4n) is 2.14. The molecule has 1 heterocycles. The third-order valence-electron chi connectivity index (χ3n) is 3.71. The minimum absolute atomic E-state index is 0.0302. The molecule has 3 unspecified atom stereocenters. The van der Waals surface area contributed by atoms with Crippen LogP contribution in [-0.4, -0.2) is 51.6 Å². The number of hydrogen-bond donors (Lipinski definition) is 1. The molecule has 20 heavy (non-hydrogen) atoms. The van der Waals surface area contributed by atoms with Crippen LogP contribution in [0.15, 0.2) is 0 Å². The van der Waals surface area contributed by atoms with Gasteiger partial charge in [0, 0.05) is 41.8 Å². The zero-order valence-corrected chi connectivity index (χ0v) is 13.9. The van der Waals surface area contributed by atoms with E-state index in [1.165, 1.54) is 0 Å². The average molecular weight is 302 g/mol. The molecule has 0 aromatic heterocycles. The molecule has 5 nitrogen and oxygen atoms in total. The molecule has 116 valence electrons. The van der Waals surface area contributed by atoms with Gasteiger partial charge in [-0.05, 0) is 11.8 Å². The van der Waals surface area contributed by atoms with Crippen LogP contribution in [0.5, 0.6) is 0 Å². The lowest BCUT2D eigenvalue weighted by atomic mass is 9.86. The number of rotatable bonds is 4. The normalized spacial score (nSPS) is 24.1. The van der Waals surface area contributed by atoms with E-state index in [1.54, 1.807) is 11.2 Å². The summed E-state index contributed by atoms with van der Waals surface area (Å²) in [6, 6.07) is -0.486. The molecule has 2 amide bonds. The van der Waals surface area contributed by atoms with E-state index in [9.17, 15) is 13.8 Å². The lowest BCUT2D eigenvalue weighted by Gasteiger charge is -2.32. The molecule has 1 aliphatic heterocycles. The van der Waals surface area contributed by atoms with Gasteiger partial charge in [-0.15, -0.1) is 0 Å². The third kappa shape index (κ3) is 4.58. The van der Waals surface area contributed by atoms with Crippen molar-refractivity contribution < 1.29 is 13.8 Å². The van der Waals surface area contributed by atoms with Crippen molar-refractivity contribution in [3.8, 4) is 0 Å². The van der Waals surface area contributed by atoms with Gasteiger partial charge in [-0.3, -0.25) is 13.8 Å². The third-order valence-corrected chi connectivity index (χ3v) is 5.08. The SMILES string of the molecule is CC(CCN1CCC(=O)NC(C(C)(C)C)C1=O)S(C)=O. The molecule has 6 heteroatoms. The van der Waals surface area contributed by atoms with Crippen LogP contribution in [0.2, 0.25) is 0 Å². The summed E-state index contributed by atoms with van der Waals surface area (Å²) in [5.74, 6) is -0.106. The topological polar surface area (TPSA) is 66.5 Å². The predicted molar refractivity (Wildman–Crippen MR) is 80.7 cm³/mol. The summed E-state index contributed by atoms with van der Waals surface area (Å²) in [5, 5.41) is 2.88. The van der Waals surface area contributed by atoms with Gasteiger partial charge in [-0.25, -0.2) is 0 Å². The number of amides is 2. The van der Waals surface area contributed by atoms with Gasteiger partial charge in [0.1, 0.15) is 6.04 Å². The summed E-state index contributed by atoms with van der Waals surface area (Å²) < 4.78 is 11.4. The summed E-state index contributed by atoms with van der Waals surface area (Å²) in [4.78, 5) is 26.0. The molecule has 0 aromatic rings. The number of nitrogens with one attached hydrogen (secondary N) is 1. The quantitative estimate of drug-likeness (QED) is 0.839. The lowest BCUT2D eigenvalue weighted by molar-refractivity contribution is -0.136. The molecule has 3 atom stereocenters. The Morgan fingerprint density at radius 2 is 2.00 bits per heavy atom. The zero-order chi connectivity index (χ0) is 15.5. The second kappa shape index (κ2) is 6.70. The van der Waals surface area contributed by atoms with Crippen molar-refractivity contribution in [2.45, 2.75) is 51.8 Å². The standard InChI is InChI=1S/C14H26N2O3S/c1-10(20(5)19)6-8-16-9-7-11(17)15-12(13(16)18)14(2,3)4/h10,12H,6-9H2,1-5H3,(H,15,17). The second-order valence-electron chi connectivity index (χ2n) is 6.54. The average Bonchev–Trinajstić information content (AvgIpc) is 2.46. The van der Waals surface area contributed by atoms with E-state index in [1.807, 2.05) is 27.7 Å². The van der Waals surface area contributed by atoms with E-state index in [-0.39, 0.29) is 22.5 Å². The van der Waals surface area contributed by atoms with Gasteiger partial charge in [-0.2, -0.15) is 0 Å². The summed E-state index contributed by atoms with van der Waals surface area (Å²) in [5.41, 5.74) is -0.311. The minimum Gasteiger partial charge on any atom is -0.344 e. The van der Waals surface area contributed by atoms with E-state index < -0.39 is 16.8 Å². The number of carbonyl (C=O) groups is 2. The summed E-state index contributed by atoms with van der Waals surface area (Å²) in [6.45, 7) is 8.76. The molecule has 1 aliphatic rings. The highest BCUT2D eigenvalue weighted by Crippen LogP contribution is 2.23. The molecule has 1 rings (SSSR count). The maximum Gasteiger partial charge on any atom is 0.245 e. The van der Waals surface area contributed by atoms with Crippen molar-refractivity contribution in [1.82, 2.24) is 10.2 Å². The highest BCUT2D eigenvalue weighted by Gasteiger charge is 2.37. The lowest BCUT2D eigenvalue weighted by Crippen LogP contribution is -2.52. The van der Waals surface area contributed by atoms with Gasteiger partial charge >= 0.3 is 0 Å². The first-order valence-corrected chi connectivity index (χ1v) is 8.65. The molecule has 0 aromatic carbocycles. The first-order chi connectivity index (χ1) is 9.12. The smallest absolute Gasteiger partial charge is 0.245 e. The molecule has 0 aliphatic carbocycles. The van der Waals surface area contributed by atoms with Crippen molar-refractivity contribution in [3.05, 3.63) is 0 Å². The largest absolute Gasteiger partial charge is 0.344 e. The van der Waals surface area contributed by atoms with Gasteiger partial charge in [0.2, 0.25) is 11.8 Å². The van der Waals surface area contributed by atoms with E-state index in [0.717, 1.165) is 0 Å². The van der Waals surface area contributed by atoms with E-state index in [2.05, 4.69) is 5.32 Å². The zero-order valence-electron chi connectivity index (χ0n) is 13.1. The summed E-state index contributed by atoms with van der Waals surface area (Å²) in [7, 11) is -0.884. The van der Waals surface area contributed by atoms with Gasteiger partial charge < -0.3 is 10.2 Å². The maximum atomic E-state index is 12.6. The molecule has 0 spiro atoms. The van der Waals surface area contributed by atoms with E-state index >= 15 is 0 Å². The van der Waals surface area contributed by atoms with Crippen LogP contribution in [-0.2, 0) is 20.4 Å². The fourth-order valence-corrected chi connectivity index (χ4v) is 2.57. The van der Waals surface area contributed by atoms with Gasteiger partial charge in [0.15, 0.2) is 0 Å². The van der Waals surface area contributed by atoms with Gasteiger partial charge in [0.25, 0.3) is 0 Å². The Morgan fingerprint density at radius 1 is 1.40 bits per heavy atom. The Bertz CT molecular complexity index is 404. The van der Waals surface area contributed by atoms with Gasteiger partial charge in [-0.1, -0.05) is 27.7 Å². The van der Waals surface area contributed by atoms with E-state index in [4.69, 9.17) is 0 Å². The molecular formula is C14H26N2O3S. The van der Waals surface area contributed by atoms with Crippen LogP contribution in [0, 0.1) is 5.41 Å². The first kappa shape index (κ1) is 17.1. The molecule has 0 radical (unpaired) electrons. The fraction of sp³-hybridized carbons (Fsp3) is 0.857. The number of hydrogen-bond acceptors (Lipinski definition) is 3. The van der Waals surface area contributed by atoms with Crippen LogP contribution in [0.1, 0.15) is 40.5 Å². The Hall–Kier alpha value is -0.910. The van der Waals surface area contributed by atoms with Gasteiger partial charge in [0.05, 0.1) is 0 Å². The molecule has 1 fully saturated rings. The Kier molecular flexibility index (Phi) is 5.74. The maximum absolute atomic E-state index is 12.6. The Balaban J connectivity index is 2.77. The monoisotopic (exact) mass is 302 g/mol. The number of nitrogens with zero attached hydrogens (tertiary/aromatic N) is 1. The van der Waals surface area contributed by atoms with Crippen LogP contribution >= 0.6 is 0 Å². The van der Waals surface area contributed by atoms with Crippen molar-refractivity contribution in [1.29, 1.82) is 0 Å². The highest BCUT2D eigenvalue weighted by atomic mass is 32.2. The van der Waals surface area contributed by atoms with Crippen molar-refractivity contribution in [2.75, 3.05) is 19.3 Å². The molecule has 0 bridgehead atoms. The predicted octanol–water partition coefficient (Wildman–Crippen LogP) is 0.907. The summed E-state index contributed by atoms with van der Waals surface area (Å²) in [6.07, 6.45) is 2.71. The van der Waals surface area contributed by atoms with Crippen LogP contribution in [0.3, 0.4) is 0 Å². The molecular weight excluding hydrogens is 276 g/mol. The molecule has 1 saturated heterocycles. The second-order valence-corrected chi connectivity index (χ2v) is 8.34. The molecule has 1 N–H and O–H groups in total. The van der Waals surface area contributed by atoms with Crippen LogP contribution < -0.4 is 5.32 Å². The van der Waals surface area contributed by atoms with Crippen molar-refractivity contribution in [2.24, 2.45) is 5.41 Å². The molecule has 0 saturated carbocycles. The highest BCUT2D eigenvalue weighted by molar-refractivity contribution is 7.84. The summed E-state index contributed by atoms with van der Waals surface area (Å²) >= 11 is 0. The van der Waals surface area contributed by atoms with Crippen molar-refractivity contribution in [3.63, 3.8) is 0 Å². The Labute approximate surface area is 123 Å². The van der Waals surface area contributed by atoms with Crippen LogP contribution in [0.4, 0.5) is 0 Å². The number of carbonyl (C=O) groups excluding carboxylic acids is 2. The Morgan fingerprint density at radius 3 is 2.50 bits per heavy atom. The van der Waals surface area contributed by atoms with E-state index in [0.29, 0.717) is 25.9 Å².